The molecule has 0 bridgehead atoms. The van der Waals surface area contributed by atoms with Crippen LogP contribution in [0.2, 0.25) is 0 Å². The molecule has 0 aliphatic carbocycles. The van der Waals surface area contributed by atoms with E-state index in [1.54, 1.807) is 0 Å². The monoisotopic (exact) mass is 166 g/mol. The summed E-state index contributed by atoms with van der Waals surface area (Å²) in [5.41, 5.74) is 1.39. The number of carbonyl (C=O) groups excluding carboxylic acids is 2. The van der Waals surface area contributed by atoms with E-state index in [2.05, 4.69) is 4.98 Å². The van der Waals surface area contributed by atoms with E-state index in [9.17, 15) is 9.59 Å². The number of hydroxylamine groups is 1. The molecule has 0 spiro atoms. The molecule has 1 heterocycles. The molecule has 5 nitrogen and oxygen atoms in total. The molecule has 2 N–H and O–H groups in total. The summed E-state index contributed by atoms with van der Waals surface area (Å²) in [6.07, 6.45) is 2.73. The van der Waals surface area contributed by atoms with Crippen molar-refractivity contribution in [2.45, 2.75) is 0 Å². The van der Waals surface area contributed by atoms with Gasteiger partial charge in [0.2, 0.25) is 0 Å². The Kier molecular flexibility index (Phi) is 2.49. The van der Waals surface area contributed by atoms with Gasteiger partial charge in [0.05, 0.1) is 0 Å². The highest BCUT2D eigenvalue weighted by Crippen LogP contribution is 1.96. The normalized spacial score (nSPS) is 9.08. The van der Waals surface area contributed by atoms with Crippen LogP contribution >= 0.6 is 0 Å². The van der Waals surface area contributed by atoms with Crippen molar-refractivity contribution < 1.29 is 14.8 Å². The number of carbonyl (C=O) groups is 2. The average molecular weight is 166 g/mol. The van der Waals surface area contributed by atoms with Crippen LogP contribution in [0.15, 0.2) is 24.5 Å². The molecule has 1 aromatic rings. The van der Waals surface area contributed by atoms with Gasteiger partial charge in [-0.3, -0.25) is 19.8 Å². The molecule has 5 heteroatoms. The molecular formula is C7H6N2O3. The van der Waals surface area contributed by atoms with Crippen LogP contribution in [0, 0.1) is 0 Å². The van der Waals surface area contributed by atoms with Crippen LogP contribution in [0.3, 0.4) is 0 Å². The van der Waals surface area contributed by atoms with Crippen LogP contribution < -0.4 is 5.48 Å². The maximum absolute atomic E-state index is 11.0. The van der Waals surface area contributed by atoms with Crippen molar-refractivity contribution in [2.75, 3.05) is 0 Å². The molecule has 0 aromatic carbocycles. The predicted octanol–water partition coefficient (Wildman–Crippen LogP) is -0.230. The van der Waals surface area contributed by atoms with Crippen molar-refractivity contribution in [3.8, 4) is 0 Å². The molecule has 0 saturated heterocycles. The number of nitrogens with zero attached hydrogens (tertiary/aromatic N) is 1. The van der Waals surface area contributed by atoms with Crippen molar-refractivity contribution in [2.24, 2.45) is 0 Å². The SMILES string of the molecule is O=C(NO)C(=O)c1cccnc1. The van der Waals surface area contributed by atoms with Gasteiger partial charge in [0.25, 0.3) is 5.78 Å². The summed E-state index contributed by atoms with van der Waals surface area (Å²) in [6, 6.07) is 2.96. The molecule has 1 amide bonds. The van der Waals surface area contributed by atoms with Gasteiger partial charge in [0, 0.05) is 18.0 Å². The second-order valence-electron chi connectivity index (χ2n) is 2.01. The van der Waals surface area contributed by atoms with Crippen LogP contribution in [0.25, 0.3) is 0 Å². The molecule has 0 fully saturated rings. The first kappa shape index (κ1) is 8.35. The Morgan fingerprint density at radius 2 is 2.25 bits per heavy atom. The van der Waals surface area contributed by atoms with E-state index in [4.69, 9.17) is 5.21 Å². The van der Waals surface area contributed by atoms with Crippen molar-refractivity contribution in [3.05, 3.63) is 30.1 Å². The number of hydrogen-bond acceptors (Lipinski definition) is 4. The molecule has 0 unspecified atom stereocenters. The molecule has 0 aliphatic heterocycles. The number of pyridine rings is 1. The van der Waals surface area contributed by atoms with Crippen LogP contribution in [-0.4, -0.2) is 21.9 Å². The third kappa shape index (κ3) is 1.64. The minimum Gasteiger partial charge on any atom is -0.288 e. The zero-order chi connectivity index (χ0) is 8.97. The highest BCUT2D eigenvalue weighted by atomic mass is 16.5. The summed E-state index contributed by atoms with van der Waals surface area (Å²) >= 11 is 0. The standard InChI is InChI=1S/C7H6N2O3/c10-6(7(11)9-12)5-2-1-3-8-4-5/h1-4,12H,(H,9,11). The highest BCUT2D eigenvalue weighted by Gasteiger charge is 2.14. The van der Waals surface area contributed by atoms with Gasteiger partial charge in [-0.25, -0.2) is 5.48 Å². The van der Waals surface area contributed by atoms with Gasteiger partial charge in [-0.15, -0.1) is 0 Å². The van der Waals surface area contributed by atoms with Gasteiger partial charge >= 0.3 is 5.91 Å². The second kappa shape index (κ2) is 3.59. The van der Waals surface area contributed by atoms with E-state index in [0.717, 1.165) is 0 Å². The van der Waals surface area contributed by atoms with Gasteiger partial charge in [0.15, 0.2) is 0 Å². The molecule has 0 atom stereocenters. The minimum absolute atomic E-state index is 0.143. The smallest absolute Gasteiger partial charge is 0.288 e. The van der Waals surface area contributed by atoms with Crippen molar-refractivity contribution in [1.29, 1.82) is 0 Å². The first-order chi connectivity index (χ1) is 5.75. The predicted molar refractivity (Wildman–Crippen MR) is 38.5 cm³/mol. The third-order valence-corrected chi connectivity index (χ3v) is 1.23. The van der Waals surface area contributed by atoms with E-state index in [0.29, 0.717) is 0 Å². The number of ketones is 1. The number of hydrogen-bond donors (Lipinski definition) is 2. The van der Waals surface area contributed by atoms with Gasteiger partial charge in [-0.2, -0.15) is 0 Å². The number of rotatable bonds is 2. The molecule has 1 aromatic heterocycles. The van der Waals surface area contributed by atoms with Crippen molar-refractivity contribution in [3.63, 3.8) is 0 Å². The number of nitrogens with one attached hydrogen (secondary N) is 1. The zero-order valence-electron chi connectivity index (χ0n) is 6.02. The Morgan fingerprint density at radius 3 is 2.75 bits per heavy atom. The molecule has 62 valence electrons. The molecule has 0 aliphatic rings. The largest absolute Gasteiger partial charge is 0.315 e. The van der Waals surface area contributed by atoms with E-state index < -0.39 is 11.7 Å². The first-order valence-corrected chi connectivity index (χ1v) is 3.14. The van der Waals surface area contributed by atoms with Crippen molar-refractivity contribution in [1.82, 2.24) is 10.5 Å². The topological polar surface area (TPSA) is 79.3 Å². The molecule has 12 heavy (non-hydrogen) atoms. The molecule has 0 radical (unpaired) electrons. The quantitative estimate of drug-likeness (QED) is 0.275. The summed E-state index contributed by atoms with van der Waals surface area (Å²) in [5, 5.41) is 8.13. The van der Waals surface area contributed by atoms with Gasteiger partial charge in [0.1, 0.15) is 0 Å². The maximum atomic E-state index is 11.0. The third-order valence-electron chi connectivity index (χ3n) is 1.23. The van der Waals surface area contributed by atoms with Crippen LogP contribution in [0.4, 0.5) is 0 Å². The van der Waals surface area contributed by atoms with Gasteiger partial charge in [-0.05, 0) is 12.1 Å². The van der Waals surface area contributed by atoms with Crippen LogP contribution in [0.5, 0.6) is 0 Å². The summed E-state index contributed by atoms with van der Waals surface area (Å²) in [7, 11) is 0. The zero-order valence-corrected chi connectivity index (χ0v) is 6.02. The lowest BCUT2D eigenvalue weighted by Crippen LogP contribution is -2.27. The fourth-order valence-corrected chi connectivity index (χ4v) is 0.679. The fraction of sp³-hybridized carbons (Fsp3) is 0. The van der Waals surface area contributed by atoms with Crippen LogP contribution in [-0.2, 0) is 4.79 Å². The van der Waals surface area contributed by atoms with E-state index in [1.165, 1.54) is 30.0 Å². The Hall–Kier alpha value is -1.75. The Balaban J connectivity index is 2.86. The second-order valence-corrected chi connectivity index (χ2v) is 2.01. The number of aromatic nitrogens is 1. The van der Waals surface area contributed by atoms with E-state index in [1.807, 2.05) is 0 Å². The average Bonchev–Trinajstić information content (AvgIpc) is 2.17. The van der Waals surface area contributed by atoms with Gasteiger partial charge < -0.3 is 0 Å². The lowest BCUT2D eigenvalue weighted by atomic mass is 10.2. The molecular weight excluding hydrogens is 160 g/mol. The van der Waals surface area contributed by atoms with Gasteiger partial charge in [-0.1, -0.05) is 0 Å². The van der Waals surface area contributed by atoms with Crippen molar-refractivity contribution >= 4 is 11.7 Å². The molecule has 0 saturated carbocycles. The fourth-order valence-electron chi connectivity index (χ4n) is 0.679. The molecule has 1 rings (SSSR count). The summed E-state index contributed by atoms with van der Waals surface area (Å²) in [5.74, 6) is -1.88. The van der Waals surface area contributed by atoms with Crippen LogP contribution in [0.1, 0.15) is 10.4 Å². The lowest BCUT2D eigenvalue weighted by molar-refractivity contribution is -0.124. The summed E-state index contributed by atoms with van der Waals surface area (Å²) in [4.78, 5) is 25.2. The Bertz CT molecular complexity index is 297. The summed E-state index contributed by atoms with van der Waals surface area (Å²) < 4.78 is 0. The van der Waals surface area contributed by atoms with E-state index >= 15 is 0 Å². The first-order valence-electron chi connectivity index (χ1n) is 3.14. The minimum atomic E-state index is -1.07. The van der Waals surface area contributed by atoms with E-state index in [-0.39, 0.29) is 5.56 Å². The number of Topliss-reactive ketones (excluding diaryl/α,β-unsaturated/α-hetero) is 1. The Morgan fingerprint density at radius 1 is 1.50 bits per heavy atom. The summed E-state index contributed by atoms with van der Waals surface area (Å²) in [6.45, 7) is 0. The lowest BCUT2D eigenvalue weighted by Gasteiger charge is -1.95. The Labute approximate surface area is 68.0 Å². The highest BCUT2D eigenvalue weighted by molar-refractivity contribution is 6.42. The number of amides is 1. The maximum Gasteiger partial charge on any atom is 0.315 e.